The van der Waals surface area contributed by atoms with Crippen molar-refractivity contribution in [3.63, 3.8) is 0 Å². The zero-order chi connectivity index (χ0) is 14.0. The maximum Gasteiger partial charge on any atom is 0.150 e. The quantitative estimate of drug-likeness (QED) is 0.902. The van der Waals surface area contributed by atoms with E-state index in [1.54, 1.807) is 0 Å². The summed E-state index contributed by atoms with van der Waals surface area (Å²) in [5.41, 5.74) is 2.34. The van der Waals surface area contributed by atoms with Crippen molar-refractivity contribution in [2.45, 2.75) is 50.4 Å². The van der Waals surface area contributed by atoms with Crippen LogP contribution in [0.2, 0.25) is 0 Å². The Labute approximate surface area is 115 Å². The van der Waals surface area contributed by atoms with E-state index in [0.717, 1.165) is 37.9 Å². The number of aromatic nitrogens is 2. The Morgan fingerprint density at radius 2 is 2.21 bits per heavy atom. The molecule has 1 heterocycles. The van der Waals surface area contributed by atoms with Gasteiger partial charge in [-0.05, 0) is 26.2 Å². The fourth-order valence-corrected chi connectivity index (χ4v) is 3.87. The maximum atomic E-state index is 11.6. The van der Waals surface area contributed by atoms with E-state index in [-0.39, 0.29) is 5.25 Å². The van der Waals surface area contributed by atoms with Crippen LogP contribution in [0.1, 0.15) is 36.9 Å². The van der Waals surface area contributed by atoms with Crippen LogP contribution in [0.3, 0.4) is 0 Å². The molecule has 1 aliphatic rings. The van der Waals surface area contributed by atoms with Crippen molar-refractivity contribution in [1.82, 2.24) is 15.1 Å². The zero-order valence-corrected chi connectivity index (χ0v) is 12.7. The molecule has 0 amide bonds. The van der Waals surface area contributed by atoms with Gasteiger partial charge >= 0.3 is 0 Å². The van der Waals surface area contributed by atoms with Gasteiger partial charge < -0.3 is 5.32 Å². The van der Waals surface area contributed by atoms with Gasteiger partial charge in [-0.1, -0.05) is 6.42 Å². The third-order valence-electron chi connectivity index (χ3n) is 4.15. The predicted octanol–water partition coefficient (Wildman–Crippen LogP) is 1.17. The van der Waals surface area contributed by atoms with Crippen LogP contribution in [0.25, 0.3) is 0 Å². The zero-order valence-electron chi connectivity index (χ0n) is 11.9. The van der Waals surface area contributed by atoms with Crippen molar-refractivity contribution in [3.8, 4) is 0 Å². The first kappa shape index (κ1) is 14.5. The van der Waals surface area contributed by atoms with Crippen molar-refractivity contribution >= 4 is 9.84 Å². The third kappa shape index (κ3) is 3.57. The number of nitrogens with zero attached hydrogens (tertiary/aromatic N) is 2. The average molecular weight is 285 g/mol. The fourth-order valence-electron chi connectivity index (χ4n) is 2.69. The van der Waals surface area contributed by atoms with Crippen LogP contribution in [0, 0.1) is 6.92 Å². The van der Waals surface area contributed by atoms with E-state index in [4.69, 9.17) is 0 Å². The molecule has 6 heteroatoms. The summed E-state index contributed by atoms with van der Waals surface area (Å²) in [5.74, 6) is 0. The lowest BCUT2D eigenvalue weighted by atomic mass is 9.95. The molecule has 1 aliphatic carbocycles. The lowest BCUT2D eigenvalue weighted by molar-refractivity contribution is 0.370. The minimum Gasteiger partial charge on any atom is -0.310 e. The molecule has 1 fully saturated rings. The van der Waals surface area contributed by atoms with Gasteiger partial charge in [-0.15, -0.1) is 0 Å². The molecule has 0 bridgehead atoms. The third-order valence-corrected chi connectivity index (χ3v) is 5.79. The molecule has 1 saturated carbocycles. The standard InChI is InChI=1S/C13H23N3O2S/c1-10-11(9-15-16(10)2)8-14-12-5-4-6-13(7-12)19(3,17)18/h9,12-14H,4-8H2,1-3H3. The molecule has 0 radical (unpaired) electrons. The van der Waals surface area contributed by atoms with E-state index in [0.29, 0.717) is 6.04 Å². The predicted molar refractivity (Wildman–Crippen MR) is 75.7 cm³/mol. The van der Waals surface area contributed by atoms with E-state index >= 15 is 0 Å². The molecule has 1 aromatic heterocycles. The first-order valence-corrected chi connectivity index (χ1v) is 8.73. The highest BCUT2D eigenvalue weighted by atomic mass is 32.2. The summed E-state index contributed by atoms with van der Waals surface area (Å²) in [6.07, 6.45) is 6.82. The van der Waals surface area contributed by atoms with Crippen molar-refractivity contribution in [1.29, 1.82) is 0 Å². The number of rotatable bonds is 4. The number of hydrogen-bond donors (Lipinski definition) is 1. The molecule has 0 aliphatic heterocycles. The molecule has 1 aromatic rings. The number of sulfone groups is 1. The van der Waals surface area contributed by atoms with E-state index in [1.165, 1.54) is 11.8 Å². The van der Waals surface area contributed by atoms with Crippen LogP contribution in [-0.4, -0.2) is 35.7 Å². The summed E-state index contributed by atoms with van der Waals surface area (Å²) in [5, 5.41) is 7.52. The molecule has 2 atom stereocenters. The van der Waals surface area contributed by atoms with E-state index in [1.807, 2.05) is 24.9 Å². The maximum absolute atomic E-state index is 11.6. The van der Waals surface area contributed by atoms with Crippen molar-refractivity contribution < 1.29 is 8.42 Å². The summed E-state index contributed by atoms with van der Waals surface area (Å²) in [6, 6.07) is 0.299. The minimum atomic E-state index is -2.90. The SMILES string of the molecule is Cc1c(CNC2CCCC(S(C)(=O)=O)C2)cnn1C. The molecule has 0 saturated heterocycles. The van der Waals surface area contributed by atoms with Crippen LogP contribution in [0.15, 0.2) is 6.20 Å². The molecule has 5 nitrogen and oxygen atoms in total. The molecular weight excluding hydrogens is 262 g/mol. The first-order valence-electron chi connectivity index (χ1n) is 6.77. The Hall–Kier alpha value is -0.880. The summed E-state index contributed by atoms with van der Waals surface area (Å²) in [7, 11) is -0.973. The van der Waals surface area contributed by atoms with Gasteiger partial charge in [0.25, 0.3) is 0 Å². The molecule has 1 N–H and O–H groups in total. The summed E-state index contributed by atoms with van der Waals surface area (Å²) in [4.78, 5) is 0. The normalized spacial score (nSPS) is 24.6. The lowest BCUT2D eigenvalue weighted by Crippen LogP contribution is -2.38. The molecular formula is C13H23N3O2S. The second-order valence-corrected chi connectivity index (χ2v) is 7.90. The largest absolute Gasteiger partial charge is 0.310 e. The second kappa shape index (κ2) is 5.63. The Morgan fingerprint density at radius 1 is 1.47 bits per heavy atom. The number of aryl methyl sites for hydroxylation is 1. The summed E-state index contributed by atoms with van der Waals surface area (Å²) >= 11 is 0. The minimum absolute atomic E-state index is 0.172. The number of hydrogen-bond acceptors (Lipinski definition) is 4. The Kier molecular flexibility index (Phi) is 4.30. The highest BCUT2D eigenvalue weighted by molar-refractivity contribution is 7.91. The first-order chi connectivity index (χ1) is 8.88. The monoisotopic (exact) mass is 285 g/mol. The average Bonchev–Trinajstić information content (AvgIpc) is 2.67. The smallest absolute Gasteiger partial charge is 0.150 e. The fraction of sp³-hybridized carbons (Fsp3) is 0.769. The van der Waals surface area contributed by atoms with Gasteiger partial charge in [-0.2, -0.15) is 5.10 Å². The lowest BCUT2D eigenvalue weighted by Gasteiger charge is -2.28. The van der Waals surface area contributed by atoms with Crippen LogP contribution < -0.4 is 5.32 Å². The second-order valence-electron chi connectivity index (χ2n) is 5.57. The Bertz CT molecular complexity index is 536. The Balaban J connectivity index is 1.91. The van der Waals surface area contributed by atoms with E-state index in [9.17, 15) is 8.42 Å². The van der Waals surface area contributed by atoms with Crippen molar-refractivity contribution in [3.05, 3.63) is 17.5 Å². The van der Waals surface area contributed by atoms with Crippen LogP contribution in [0.4, 0.5) is 0 Å². The highest BCUT2D eigenvalue weighted by Gasteiger charge is 2.28. The molecule has 0 aromatic carbocycles. The molecule has 108 valence electrons. The van der Waals surface area contributed by atoms with Gasteiger partial charge in [0.1, 0.15) is 9.84 Å². The van der Waals surface area contributed by atoms with Gasteiger partial charge in [0.05, 0.1) is 11.4 Å². The van der Waals surface area contributed by atoms with E-state index < -0.39 is 9.84 Å². The topological polar surface area (TPSA) is 64.0 Å². The molecule has 2 unspecified atom stereocenters. The van der Waals surface area contributed by atoms with Crippen molar-refractivity contribution in [2.75, 3.05) is 6.26 Å². The van der Waals surface area contributed by atoms with Gasteiger partial charge in [0, 0.05) is 37.1 Å². The molecule has 19 heavy (non-hydrogen) atoms. The number of nitrogens with one attached hydrogen (secondary N) is 1. The van der Waals surface area contributed by atoms with Gasteiger partial charge in [-0.3, -0.25) is 4.68 Å². The van der Waals surface area contributed by atoms with Crippen LogP contribution >= 0.6 is 0 Å². The van der Waals surface area contributed by atoms with Gasteiger partial charge in [0.15, 0.2) is 0 Å². The molecule has 0 spiro atoms. The highest BCUT2D eigenvalue weighted by Crippen LogP contribution is 2.24. The Morgan fingerprint density at radius 3 is 2.79 bits per heavy atom. The van der Waals surface area contributed by atoms with Crippen molar-refractivity contribution in [2.24, 2.45) is 7.05 Å². The summed E-state index contributed by atoms with van der Waals surface area (Å²) < 4.78 is 25.1. The van der Waals surface area contributed by atoms with Crippen LogP contribution in [-0.2, 0) is 23.4 Å². The summed E-state index contributed by atoms with van der Waals surface area (Å²) in [6.45, 7) is 2.81. The molecule has 2 rings (SSSR count). The van der Waals surface area contributed by atoms with E-state index in [2.05, 4.69) is 10.4 Å². The van der Waals surface area contributed by atoms with Crippen LogP contribution in [0.5, 0.6) is 0 Å². The van der Waals surface area contributed by atoms with Gasteiger partial charge in [-0.25, -0.2) is 8.42 Å². The van der Waals surface area contributed by atoms with Gasteiger partial charge in [0.2, 0.25) is 0 Å².